The van der Waals surface area contributed by atoms with Crippen molar-refractivity contribution in [3.8, 4) is 56.0 Å². The minimum atomic E-state index is -2.85. The second-order valence-corrected chi connectivity index (χ2v) is 20.1. The van der Waals surface area contributed by atoms with Crippen molar-refractivity contribution in [2.45, 2.75) is 77.8 Å². The second kappa shape index (κ2) is 19.7. The van der Waals surface area contributed by atoms with Crippen molar-refractivity contribution in [2.75, 3.05) is 0 Å². The van der Waals surface area contributed by atoms with E-state index in [1.807, 2.05) is 85.2 Å². The Balaban J connectivity index is 1.01. The number of furan rings is 1. The molecule has 0 atom stereocenters. The van der Waals surface area contributed by atoms with Crippen molar-refractivity contribution >= 4 is 22.1 Å². The summed E-state index contributed by atoms with van der Waals surface area (Å²) in [4.78, 5) is 19.0. The fourth-order valence-corrected chi connectivity index (χ4v) is 9.95. The molecule has 0 radical (unpaired) electrons. The largest absolute Gasteiger partial charge is 0.437 e. The van der Waals surface area contributed by atoms with E-state index in [1.54, 1.807) is 54.6 Å². The van der Waals surface area contributed by atoms with Gasteiger partial charge in [0.05, 0.1) is 17.1 Å². The summed E-state index contributed by atoms with van der Waals surface area (Å²) < 4.78 is 96.5. The molecule has 73 heavy (non-hydrogen) atoms. The van der Waals surface area contributed by atoms with Crippen LogP contribution < -0.4 is 0 Å². The van der Waals surface area contributed by atoms with Gasteiger partial charge in [0, 0.05) is 65.5 Å². The van der Waals surface area contributed by atoms with Gasteiger partial charge in [0.25, 0.3) is 0 Å². The number of benzene rings is 6. The Hall–Kier alpha value is -8.28. The van der Waals surface area contributed by atoms with Crippen molar-refractivity contribution in [1.82, 2.24) is 19.9 Å². The number of aromatic nitrogens is 4. The molecule has 0 fully saturated rings. The SMILES string of the molecule is [2H]C([2H])([2H])c1ccc2c(n1)oc1c(-c3cc(-c4ccccc4C([2H])([2H])[2H])c(C([2H])([2H])C([2H])([2H])c4cc(CC(C)(C)c5ccc(-c6ccccc6)nc5)cc(CC(C)(C)c5ccc(-c6cccc(-c7ccccc7)c6)nc5)c4)cn3)cccc12. The van der Waals surface area contributed by atoms with Gasteiger partial charge in [-0.3, -0.25) is 15.0 Å². The molecule has 0 bridgehead atoms. The minimum absolute atomic E-state index is 0.0543. The van der Waals surface area contributed by atoms with Crippen molar-refractivity contribution in [2.24, 2.45) is 0 Å². The molecule has 5 aromatic heterocycles. The highest BCUT2D eigenvalue weighted by molar-refractivity contribution is 6.08. The molecular weight excluding hydrogens is 889 g/mol. The first-order valence-electron chi connectivity index (χ1n) is 29.6. The van der Waals surface area contributed by atoms with Crippen LogP contribution in [0.2, 0.25) is 0 Å². The van der Waals surface area contributed by atoms with Crippen molar-refractivity contribution in [1.29, 1.82) is 0 Å². The van der Waals surface area contributed by atoms with Crippen LogP contribution in [-0.2, 0) is 36.4 Å². The molecule has 11 rings (SSSR count). The third kappa shape index (κ3) is 10.0. The summed E-state index contributed by atoms with van der Waals surface area (Å²) in [6, 6.07) is 58.7. The zero-order valence-electron chi connectivity index (χ0n) is 51.2. The Kier molecular flexibility index (Phi) is 9.89. The molecule has 5 heteroatoms. The van der Waals surface area contributed by atoms with Crippen molar-refractivity contribution < 1.29 is 18.1 Å². The van der Waals surface area contributed by atoms with Gasteiger partial charge in [0.15, 0.2) is 0 Å². The van der Waals surface area contributed by atoms with Crippen molar-refractivity contribution in [3.05, 3.63) is 251 Å². The van der Waals surface area contributed by atoms with Gasteiger partial charge in [-0.1, -0.05) is 173 Å². The monoisotopic (exact) mass is 959 g/mol. The number of rotatable bonds is 14. The molecule has 0 unspecified atom stereocenters. The first-order chi connectivity index (χ1) is 39.4. The average molecular weight is 959 g/mol. The van der Waals surface area contributed by atoms with Crippen LogP contribution in [0.25, 0.3) is 78.1 Å². The van der Waals surface area contributed by atoms with Gasteiger partial charge in [0.1, 0.15) is 5.58 Å². The lowest BCUT2D eigenvalue weighted by molar-refractivity contribution is 0.512. The number of nitrogens with zero attached hydrogens (tertiary/aromatic N) is 4. The van der Waals surface area contributed by atoms with Crippen LogP contribution in [0.15, 0.2) is 211 Å². The van der Waals surface area contributed by atoms with Crippen LogP contribution in [0.4, 0.5) is 0 Å². The number of pyridine rings is 4. The zero-order valence-corrected chi connectivity index (χ0v) is 41.2. The van der Waals surface area contributed by atoms with Gasteiger partial charge in [-0.15, -0.1) is 0 Å². The van der Waals surface area contributed by atoms with E-state index >= 15 is 0 Å². The molecule has 0 aliphatic heterocycles. The molecule has 0 spiro atoms. The molecule has 0 saturated carbocycles. The quantitative estimate of drug-likeness (QED) is 0.109. The highest BCUT2D eigenvalue weighted by Crippen LogP contribution is 2.39. The smallest absolute Gasteiger partial charge is 0.227 e. The number of hydrogen-bond acceptors (Lipinski definition) is 5. The highest BCUT2D eigenvalue weighted by atomic mass is 16.3. The van der Waals surface area contributed by atoms with E-state index in [2.05, 4.69) is 81.2 Å². The first-order valence-corrected chi connectivity index (χ1v) is 24.6. The van der Waals surface area contributed by atoms with Crippen LogP contribution in [0, 0.1) is 13.7 Å². The summed E-state index contributed by atoms with van der Waals surface area (Å²) in [5.41, 5.74) is 9.56. The second-order valence-electron chi connectivity index (χ2n) is 20.1. The minimum Gasteiger partial charge on any atom is -0.437 e. The molecular formula is C68H60N4O. The van der Waals surface area contributed by atoms with Gasteiger partial charge in [-0.25, -0.2) is 4.98 Å². The van der Waals surface area contributed by atoms with Gasteiger partial charge in [-0.2, -0.15) is 0 Å². The summed E-state index contributed by atoms with van der Waals surface area (Å²) in [5.74, 6) is 0. The third-order valence-corrected chi connectivity index (χ3v) is 13.9. The summed E-state index contributed by atoms with van der Waals surface area (Å²) in [5, 5.41) is 1.20. The van der Waals surface area contributed by atoms with E-state index in [0.29, 0.717) is 34.8 Å². The highest BCUT2D eigenvalue weighted by Gasteiger charge is 2.26. The predicted octanol–water partition coefficient (Wildman–Crippen LogP) is 16.9. The lowest BCUT2D eigenvalue weighted by Crippen LogP contribution is -2.23. The molecule has 0 aliphatic carbocycles. The molecule has 0 amide bonds. The standard InChI is InChI=1S/C68H60N4O/c1-45-17-13-14-24-57(45)61-39-64(60-26-16-25-58-59-32-27-46(2)72-66(59)73-65(58)60)69-42-54(61)29-28-47-35-48(40-67(3,4)55-30-33-62(70-43-55)51-20-11-8-12-21-51)37-49(36-47)41-68(5,6)56-31-34-63(71-44-56)53-23-15-22-52(38-53)50-18-9-7-10-19-50/h7-27,30-39,42-44H,28-29,40-41H2,1-6H3/i1D3,2D3,28D2,29D2. The Bertz CT molecular complexity index is 4170. The Morgan fingerprint density at radius 2 is 1.05 bits per heavy atom. The van der Waals surface area contributed by atoms with E-state index in [1.165, 1.54) is 18.3 Å². The normalized spacial score (nSPS) is 14.7. The maximum Gasteiger partial charge on any atom is 0.227 e. The number of aryl methyl sites for hydroxylation is 4. The zero-order chi connectivity index (χ0) is 58.7. The first kappa shape index (κ1) is 36.6. The molecule has 11 aromatic rings. The van der Waals surface area contributed by atoms with Gasteiger partial charge < -0.3 is 4.42 Å². The van der Waals surface area contributed by atoms with Gasteiger partial charge >= 0.3 is 0 Å². The lowest BCUT2D eigenvalue weighted by Gasteiger charge is -2.28. The van der Waals surface area contributed by atoms with Gasteiger partial charge in [-0.05, 0) is 154 Å². The molecule has 0 N–H and O–H groups in total. The maximum absolute atomic E-state index is 10.1. The van der Waals surface area contributed by atoms with Crippen LogP contribution in [-0.4, -0.2) is 19.9 Å². The number of fused-ring (bicyclic) bond motifs is 3. The lowest BCUT2D eigenvalue weighted by atomic mass is 9.77. The molecule has 0 aliphatic rings. The van der Waals surface area contributed by atoms with Crippen LogP contribution in [0.5, 0.6) is 0 Å². The molecule has 5 nitrogen and oxygen atoms in total. The van der Waals surface area contributed by atoms with E-state index in [0.717, 1.165) is 55.9 Å². The van der Waals surface area contributed by atoms with Crippen LogP contribution >= 0.6 is 0 Å². The van der Waals surface area contributed by atoms with E-state index < -0.39 is 37.3 Å². The maximum atomic E-state index is 10.1. The average Bonchev–Trinajstić information content (AvgIpc) is 3.11. The van der Waals surface area contributed by atoms with Crippen LogP contribution in [0.3, 0.4) is 0 Å². The Morgan fingerprint density at radius 1 is 0.452 bits per heavy atom. The molecule has 6 aromatic carbocycles. The topological polar surface area (TPSA) is 64.7 Å². The number of para-hydroxylation sites is 1. The van der Waals surface area contributed by atoms with E-state index in [4.69, 9.17) is 27.6 Å². The summed E-state index contributed by atoms with van der Waals surface area (Å²) in [6.07, 6.45) is 0.361. The predicted molar refractivity (Wildman–Crippen MR) is 302 cm³/mol. The van der Waals surface area contributed by atoms with Crippen molar-refractivity contribution in [3.63, 3.8) is 0 Å². The van der Waals surface area contributed by atoms with E-state index in [9.17, 15) is 5.48 Å². The fraction of sp³-hybridized carbons (Fsp3) is 0.176. The summed E-state index contributed by atoms with van der Waals surface area (Å²) in [7, 11) is 0. The van der Waals surface area contributed by atoms with Crippen LogP contribution in [0.1, 0.15) is 86.0 Å². The van der Waals surface area contributed by atoms with Gasteiger partial charge in [0.2, 0.25) is 5.71 Å². The fourth-order valence-electron chi connectivity index (χ4n) is 9.95. The third-order valence-electron chi connectivity index (χ3n) is 13.9. The molecule has 0 saturated heterocycles. The van der Waals surface area contributed by atoms with E-state index in [-0.39, 0.29) is 44.9 Å². The summed E-state index contributed by atoms with van der Waals surface area (Å²) in [6.45, 7) is 3.38. The Morgan fingerprint density at radius 3 is 1.74 bits per heavy atom. The molecule has 358 valence electrons. The number of hydrogen-bond donors (Lipinski definition) is 0. The molecule has 5 heterocycles. The summed E-state index contributed by atoms with van der Waals surface area (Å²) >= 11 is 0. The Labute approximate surface area is 443 Å².